The van der Waals surface area contributed by atoms with Crippen molar-refractivity contribution in [1.29, 1.82) is 0 Å². The first-order chi connectivity index (χ1) is 11.2. The van der Waals surface area contributed by atoms with Gasteiger partial charge in [0, 0.05) is 18.7 Å². The molecule has 128 valence electrons. The molecule has 3 rings (SSSR count). The van der Waals surface area contributed by atoms with Crippen LogP contribution >= 0.6 is 0 Å². The van der Waals surface area contributed by atoms with Crippen molar-refractivity contribution in [3.8, 4) is 5.69 Å². The van der Waals surface area contributed by atoms with Gasteiger partial charge < -0.3 is 14.6 Å². The predicted octanol–water partition coefficient (Wildman–Crippen LogP) is 2.07. The number of aliphatic hydroxyl groups is 1. The molecule has 0 saturated heterocycles. The van der Waals surface area contributed by atoms with E-state index in [1.165, 1.54) is 0 Å². The van der Waals surface area contributed by atoms with E-state index in [1.807, 2.05) is 30.3 Å². The first kappa shape index (κ1) is 16.5. The van der Waals surface area contributed by atoms with Crippen LogP contribution in [0.2, 0.25) is 0 Å². The molecule has 0 saturated carbocycles. The standard InChI is InChI=1S/C16H16F3N3O2/c1-15(24,16(17,18)19)14(23)21-8-7-12-13(9-21)22(10-20-12)11-5-3-2-4-6-11/h2-6,10,24H,7-9H2,1H3. The molecule has 1 aliphatic heterocycles. The number of hydrogen-bond donors (Lipinski definition) is 1. The van der Waals surface area contributed by atoms with Gasteiger partial charge in [0.2, 0.25) is 5.60 Å². The lowest BCUT2D eigenvalue weighted by molar-refractivity contribution is -0.250. The van der Waals surface area contributed by atoms with E-state index in [1.54, 1.807) is 10.9 Å². The predicted molar refractivity (Wildman–Crippen MR) is 79.4 cm³/mol. The molecule has 0 spiro atoms. The van der Waals surface area contributed by atoms with E-state index in [9.17, 15) is 23.1 Å². The maximum absolute atomic E-state index is 12.9. The van der Waals surface area contributed by atoms with Gasteiger partial charge in [-0.25, -0.2) is 4.98 Å². The number of imidazole rings is 1. The second-order valence-corrected chi connectivity index (χ2v) is 5.89. The Hall–Kier alpha value is -2.35. The zero-order valence-electron chi connectivity index (χ0n) is 12.9. The van der Waals surface area contributed by atoms with Gasteiger partial charge in [-0.2, -0.15) is 13.2 Å². The molecule has 1 amide bonds. The summed E-state index contributed by atoms with van der Waals surface area (Å²) < 4.78 is 40.5. The third kappa shape index (κ3) is 2.66. The molecule has 8 heteroatoms. The van der Waals surface area contributed by atoms with Gasteiger partial charge in [-0.15, -0.1) is 0 Å². The van der Waals surface area contributed by atoms with Crippen LogP contribution in [0, 0.1) is 0 Å². The summed E-state index contributed by atoms with van der Waals surface area (Å²) in [5.41, 5.74) is -1.20. The summed E-state index contributed by atoms with van der Waals surface area (Å²) in [5.74, 6) is -1.35. The Kier molecular flexibility index (Phi) is 3.87. The molecular formula is C16H16F3N3O2. The minimum absolute atomic E-state index is 0.0324. The summed E-state index contributed by atoms with van der Waals surface area (Å²) in [6, 6.07) is 9.20. The first-order valence-electron chi connectivity index (χ1n) is 7.41. The molecule has 0 radical (unpaired) electrons. The van der Waals surface area contributed by atoms with Gasteiger partial charge in [0.1, 0.15) is 0 Å². The average molecular weight is 339 g/mol. The van der Waals surface area contributed by atoms with E-state index >= 15 is 0 Å². The van der Waals surface area contributed by atoms with E-state index in [-0.39, 0.29) is 13.1 Å². The molecule has 1 aromatic heterocycles. The third-order valence-electron chi connectivity index (χ3n) is 4.20. The Labute approximate surface area is 136 Å². The van der Waals surface area contributed by atoms with Crippen LogP contribution in [0.3, 0.4) is 0 Å². The Balaban J connectivity index is 1.90. The highest BCUT2D eigenvalue weighted by atomic mass is 19.4. The van der Waals surface area contributed by atoms with Gasteiger partial charge >= 0.3 is 6.18 Å². The van der Waals surface area contributed by atoms with Crippen molar-refractivity contribution in [3.63, 3.8) is 0 Å². The molecule has 1 aliphatic rings. The van der Waals surface area contributed by atoms with Gasteiger partial charge in [0.05, 0.1) is 24.3 Å². The summed E-state index contributed by atoms with van der Waals surface area (Å²) in [6.07, 6.45) is -3.09. The smallest absolute Gasteiger partial charge is 0.373 e. The zero-order valence-corrected chi connectivity index (χ0v) is 12.9. The van der Waals surface area contributed by atoms with E-state index in [0.717, 1.165) is 16.3 Å². The van der Waals surface area contributed by atoms with Crippen molar-refractivity contribution in [2.75, 3.05) is 6.54 Å². The average Bonchev–Trinajstić information content (AvgIpc) is 2.96. The largest absolute Gasteiger partial charge is 0.426 e. The number of alkyl halides is 3. The van der Waals surface area contributed by atoms with Crippen molar-refractivity contribution >= 4 is 5.91 Å². The van der Waals surface area contributed by atoms with E-state index in [0.29, 0.717) is 19.0 Å². The number of nitrogens with zero attached hydrogens (tertiary/aromatic N) is 3. The highest BCUT2D eigenvalue weighted by Crippen LogP contribution is 2.33. The lowest BCUT2D eigenvalue weighted by Crippen LogP contribution is -2.56. The number of amides is 1. The number of carbonyl (C=O) groups is 1. The van der Waals surface area contributed by atoms with Crippen LogP contribution in [0.25, 0.3) is 5.69 Å². The van der Waals surface area contributed by atoms with Gasteiger partial charge in [0.15, 0.2) is 0 Å². The molecule has 0 fully saturated rings. The third-order valence-corrected chi connectivity index (χ3v) is 4.20. The van der Waals surface area contributed by atoms with Crippen molar-refractivity contribution in [3.05, 3.63) is 48.0 Å². The Morgan fingerprint density at radius 2 is 1.92 bits per heavy atom. The van der Waals surface area contributed by atoms with E-state index in [2.05, 4.69) is 4.98 Å². The number of fused-ring (bicyclic) bond motifs is 1. The highest BCUT2D eigenvalue weighted by molar-refractivity contribution is 5.85. The van der Waals surface area contributed by atoms with Crippen molar-refractivity contribution in [2.45, 2.75) is 31.7 Å². The van der Waals surface area contributed by atoms with E-state index < -0.39 is 17.7 Å². The number of hydrogen-bond acceptors (Lipinski definition) is 3. The SMILES string of the molecule is CC(O)(C(=O)N1CCc2ncn(-c3ccccc3)c2C1)C(F)(F)F. The summed E-state index contributed by atoms with van der Waals surface area (Å²) in [6.45, 7) is 0.540. The number of benzene rings is 1. The van der Waals surface area contributed by atoms with Crippen LogP contribution in [-0.2, 0) is 17.8 Å². The molecule has 5 nitrogen and oxygen atoms in total. The van der Waals surface area contributed by atoms with Crippen LogP contribution in [0.5, 0.6) is 0 Å². The lowest BCUT2D eigenvalue weighted by atomic mass is 10.0. The van der Waals surface area contributed by atoms with Crippen molar-refractivity contribution < 1.29 is 23.1 Å². The molecule has 24 heavy (non-hydrogen) atoms. The number of aromatic nitrogens is 2. The molecule has 2 heterocycles. The number of rotatable bonds is 2. The second kappa shape index (κ2) is 5.62. The van der Waals surface area contributed by atoms with Gasteiger partial charge in [-0.1, -0.05) is 18.2 Å². The Morgan fingerprint density at radius 3 is 2.54 bits per heavy atom. The monoisotopic (exact) mass is 339 g/mol. The quantitative estimate of drug-likeness (QED) is 0.911. The molecule has 1 atom stereocenters. The summed E-state index contributed by atoms with van der Waals surface area (Å²) in [5, 5.41) is 9.62. The fraction of sp³-hybridized carbons (Fsp3) is 0.375. The summed E-state index contributed by atoms with van der Waals surface area (Å²) in [7, 11) is 0. The topological polar surface area (TPSA) is 58.4 Å². The van der Waals surface area contributed by atoms with Gasteiger partial charge in [0.25, 0.3) is 5.91 Å². The van der Waals surface area contributed by atoms with Gasteiger partial charge in [-0.05, 0) is 19.1 Å². The maximum atomic E-state index is 12.9. The summed E-state index contributed by atoms with van der Waals surface area (Å²) in [4.78, 5) is 17.5. The molecule has 1 aromatic carbocycles. The Bertz CT molecular complexity index is 754. The van der Waals surface area contributed by atoms with Gasteiger partial charge in [-0.3, -0.25) is 4.79 Å². The van der Waals surface area contributed by atoms with Crippen LogP contribution in [0.1, 0.15) is 18.3 Å². The first-order valence-corrected chi connectivity index (χ1v) is 7.41. The highest BCUT2D eigenvalue weighted by Gasteiger charge is 2.57. The number of para-hydroxylation sites is 1. The minimum Gasteiger partial charge on any atom is -0.373 e. The lowest BCUT2D eigenvalue weighted by Gasteiger charge is -2.34. The van der Waals surface area contributed by atoms with Crippen molar-refractivity contribution in [1.82, 2.24) is 14.5 Å². The zero-order chi connectivity index (χ0) is 17.5. The molecule has 0 bridgehead atoms. The van der Waals surface area contributed by atoms with Crippen LogP contribution < -0.4 is 0 Å². The molecule has 0 aliphatic carbocycles. The Morgan fingerprint density at radius 1 is 1.25 bits per heavy atom. The summed E-state index contributed by atoms with van der Waals surface area (Å²) >= 11 is 0. The maximum Gasteiger partial charge on any atom is 0.426 e. The fourth-order valence-corrected chi connectivity index (χ4v) is 2.70. The van der Waals surface area contributed by atoms with E-state index in [4.69, 9.17) is 0 Å². The molecule has 2 aromatic rings. The van der Waals surface area contributed by atoms with Crippen LogP contribution in [0.15, 0.2) is 36.7 Å². The van der Waals surface area contributed by atoms with Crippen LogP contribution in [0.4, 0.5) is 13.2 Å². The normalized spacial score (nSPS) is 17.3. The fourth-order valence-electron chi connectivity index (χ4n) is 2.70. The molecular weight excluding hydrogens is 323 g/mol. The molecule has 1 unspecified atom stereocenters. The molecule has 1 N–H and O–H groups in total. The number of carbonyl (C=O) groups excluding carboxylic acids is 1. The number of halogens is 3. The van der Waals surface area contributed by atoms with Crippen molar-refractivity contribution in [2.24, 2.45) is 0 Å². The van der Waals surface area contributed by atoms with Crippen LogP contribution in [-0.4, -0.2) is 43.8 Å². The second-order valence-electron chi connectivity index (χ2n) is 5.89. The minimum atomic E-state index is -5.02.